The summed E-state index contributed by atoms with van der Waals surface area (Å²) in [5, 5.41) is 4.36. The van der Waals surface area contributed by atoms with Gasteiger partial charge in [-0.15, -0.1) is 0 Å². The van der Waals surface area contributed by atoms with Gasteiger partial charge in [0.25, 0.3) is 0 Å². The maximum Gasteiger partial charge on any atom is 0.319 e. The lowest BCUT2D eigenvalue weighted by atomic mass is 10.1. The fourth-order valence-corrected chi connectivity index (χ4v) is 4.14. The Hall–Kier alpha value is -1.35. The van der Waals surface area contributed by atoms with Crippen LogP contribution in [0.4, 0.5) is 0 Å². The highest BCUT2D eigenvalue weighted by atomic mass is 33.1. The summed E-state index contributed by atoms with van der Waals surface area (Å²) in [6.07, 6.45) is 5.06. The number of unbranched alkanes of at least 4 members (excludes halogenated alkanes) is 2. The number of aromatic nitrogens is 1. The summed E-state index contributed by atoms with van der Waals surface area (Å²) in [4.78, 5) is 4.60. The second-order valence-electron chi connectivity index (χ2n) is 6.30. The van der Waals surface area contributed by atoms with Gasteiger partial charge in [-0.1, -0.05) is 31.5 Å². The van der Waals surface area contributed by atoms with Gasteiger partial charge < -0.3 is 10.1 Å². The molecule has 0 bridgehead atoms. The van der Waals surface area contributed by atoms with Gasteiger partial charge in [-0.25, -0.2) is 4.98 Å². The van der Waals surface area contributed by atoms with Crippen LogP contribution in [0, 0.1) is 0 Å². The Morgan fingerprint density at radius 3 is 2.78 bits per heavy atom. The van der Waals surface area contributed by atoms with Gasteiger partial charge in [0.1, 0.15) is 0 Å². The fourth-order valence-electron chi connectivity index (χ4n) is 2.82. The molecule has 150 valence electrons. The van der Waals surface area contributed by atoms with Gasteiger partial charge in [-0.2, -0.15) is 8.42 Å². The van der Waals surface area contributed by atoms with Crippen LogP contribution in [-0.4, -0.2) is 43.4 Å². The van der Waals surface area contributed by atoms with E-state index >= 15 is 0 Å². The molecule has 0 atom stereocenters. The number of pyridine rings is 1. The van der Waals surface area contributed by atoms with Crippen molar-refractivity contribution < 1.29 is 17.7 Å². The number of nitrogens with zero attached hydrogens (tertiary/aromatic N) is 1. The molecule has 0 unspecified atom stereocenters. The summed E-state index contributed by atoms with van der Waals surface area (Å²) in [7, 11) is -3.38. The maximum absolute atomic E-state index is 10.6. The van der Waals surface area contributed by atoms with Crippen LogP contribution in [0.2, 0.25) is 0 Å². The predicted molar refractivity (Wildman–Crippen MR) is 112 cm³/mol. The van der Waals surface area contributed by atoms with E-state index in [4.69, 9.17) is 9.29 Å². The maximum atomic E-state index is 10.6. The molecule has 2 aromatic rings. The highest BCUT2D eigenvalue weighted by molar-refractivity contribution is 8.69. The fraction of sp³-hybridized carbons (Fsp3) is 0.526. The van der Waals surface area contributed by atoms with Crippen molar-refractivity contribution in [2.24, 2.45) is 0 Å². The minimum Gasteiger partial charge on any atom is -0.478 e. The van der Waals surface area contributed by atoms with Crippen LogP contribution < -0.4 is 10.1 Å². The molecule has 1 aromatic heterocycles. The van der Waals surface area contributed by atoms with Crippen molar-refractivity contribution in [1.29, 1.82) is 0 Å². The van der Waals surface area contributed by atoms with Crippen LogP contribution >= 0.6 is 10.8 Å². The molecule has 1 aromatic carbocycles. The molecule has 2 N–H and O–H groups in total. The molecule has 0 saturated heterocycles. The second-order valence-corrected chi connectivity index (χ2v) is 9.77. The third kappa shape index (κ3) is 8.47. The van der Waals surface area contributed by atoms with E-state index in [1.807, 2.05) is 18.2 Å². The first-order valence-electron chi connectivity index (χ1n) is 9.33. The predicted octanol–water partition coefficient (Wildman–Crippen LogP) is 3.86. The SMILES string of the molecule is CCCc1cc(OCCCCCNCCSS(=O)(=O)O)nc2ccccc12. The normalized spacial score (nSPS) is 11.8. The van der Waals surface area contributed by atoms with E-state index in [9.17, 15) is 8.42 Å². The monoisotopic (exact) mass is 412 g/mol. The van der Waals surface area contributed by atoms with Gasteiger partial charge >= 0.3 is 9.15 Å². The van der Waals surface area contributed by atoms with Crippen LogP contribution in [0.15, 0.2) is 30.3 Å². The smallest absolute Gasteiger partial charge is 0.319 e. The molecule has 1 heterocycles. The van der Waals surface area contributed by atoms with Crippen molar-refractivity contribution in [2.45, 2.75) is 39.0 Å². The van der Waals surface area contributed by atoms with Crippen molar-refractivity contribution in [2.75, 3.05) is 25.4 Å². The number of hydrogen-bond acceptors (Lipinski definition) is 6. The van der Waals surface area contributed by atoms with Gasteiger partial charge in [0.15, 0.2) is 0 Å². The van der Waals surface area contributed by atoms with E-state index in [1.54, 1.807) is 0 Å². The Balaban J connectivity index is 1.66. The third-order valence-corrected chi connectivity index (χ3v) is 6.12. The molecule has 0 aliphatic rings. The highest BCUT2D eigenvalue weighted by Crippen LogP contribution is 2.23. The number of aryl methyl sites for hydroxylation is 1. The zero-order valence-corrected chi connectivity index (χ0v) is 17.3. The van der Waals surface area contributed by atoms with Crippen LogP contribution in [0.1, 0.15) is 38.2 Å². The average molecular weight is 413 g/mol. The lowest BCUT2D eigenvalue weighted by Crippen LogP contribution is -2.19. The summed E-state index contributed by atoms with van der Waals surface area (Å²) in [6.45, 7) is 4.18. The van der Waals surface area contributed by atoms with Gasteiger partial charge in [-0.05, 0) is 54.7 Å². The van der Waals surface area contributed by atoms with E-state index in [0.29, 0.717) is 35.6 Å². The largest absolute Gasteiger partial charge is 0.478 e. The van der Waals surface area contributed by atoms with Crippen LogP contribution in [-0.2, 0) is 15.6 Å². The standard InChI is InChI=1S/C19H28N2O4S2/c1-2-8-16-15-19(21-18-10-5-4-9-17(16)18)25-13-7-3-6-11-20-12-14-26-27(22,23)24/h4-5,9-10,15,20H,2-3,6-8,11-14H2,1H3,(H,22,23,24). The second kappa shape index (κ2) is 11.5. The molecule has 6 nitrogen and oxygen atoms in total. The number of para-hydroxylation sites is 1. The topological polar surface area (TPSA) is 88.5 Å². The summed E-state index contributed by atoms with van der Waals surface area (Å²) in [6, 6.07) is 10.2. The summed E-state index contributed by atoms with van der Waals surface area (Å²) in [5.74, 6) is 1.04. The van der Waals surface area contributed by atoms with Crippen molar-refractivity contribution >= 4 is 30.8 Å². The van der Waals surface area contributed by atoms with E-state index in [1.165, 1.54) is 10.9 Å². The number of hydrogen-bond donors (Lipinski definition) is 2. The number of ether oxygens (including phenoxy) is 1. The van der Waals surface area contributed by atoms with E-state index in [-0.39, 0.29) is 0 Å². The van der Waals surface area contributed by atoms with Crippen LogP contribution in [0.3, 0.4) is 0 Å². The van der Waals surface area contributed by atoms with E-state index < -0.39 is 9.15 Å². The van der Waals surface area contributed by atoms with E-state index in [0.717, 1.165) is 44.2 Å². The summed E-state index contributed by atoms with van der Waals surface area (Å²) < 4.78 is 35.6. The Bertz CT molecular complexity index is 812. The lowest BCUT2D eigenvalue weighted by Gasteiger charge is -2.10. The summed E-state index contributed by atoms with van der Waals surface area (Å²) >= 11 is 0. The van der Waals surface area contributed by atoms with Gasteiger partial charge in [0.2, 0.25) is 5.88 Å². The molecule has 0 aliphatic carbocycles. The highest BCUT2D eigenvalue weighted by Gasteiger charge is 2.06. The minimum atomic E-state index is -3.92. The number of rotatable bonds is 13. The molecule has 2 rings (SSSR count). The Labute approximate surface area is 165 Å². The lowest BCUT2D eigenvalue weighted by molar-refractivity contribution is 0.294. The first kappa shape index (κ1) is 21.9. The molecule has 0 fully saturated rings. The van der Waals surface area contributed by atoms with E-state index in [2.05, 4.69) is 29.4 Å². The molecular formula is C19H28N2O4S2. The summed E-state index contributed by atoms with van der Waals surface area (Å²) in [5.41, 5.74) is 2.26. The molecule has 0 amide bonds. The number of benzene rings is 1. The number of nitrogens with one attached hydrogen (secondary N) is 1. The molecule has 27 heavy (non-hydrogen) atoms. The van der Waals surface area contributed by atoms with Crippen molar-refractivity contribution in [3.8, 4) is 5.88 Å². The van der Waals surface area contributed by atoms with Crippen molar-refractivity contribution in [3.05, 3.63) is 35.9 Å². The Kier molecular flexibility index (Phi) is 9.33. The quantitative estimate of drug-likeness (QED) is 0.293. The molecule has 8 heteroatoms. The third-order valence-electron chi connectivity index (χ3n) is 4.06. The zero-order valence-electron chi connectivity index (χ0n) is 15.7. The zero-order chi connectivity index (χ0) is 19.5. The molecule has 0 saturated carbocycles. The van der Waals surface area contributed by atoms with Crippen LogP contribution in [0.25, 0.3) is 10.9 Å². The minimum absolute atomic E-state index is 0.343. The first-order chi connectivity index (χ1) is 13.0. The van der Waals surface area contributed by atoms with Crippen molar-refractivity contribution in [1.82, 2.24) is 10.3 Å². The van der Waals surface area contributed by atoms with Gasteiger partial charge in [0.05, 0.1) is 12.1 Å². The number of fused-ring (bicyclic) bond motifs is 1. The molecule has 0 spiro atoms. The molecular weight excluding hydrogens is 384 g/mol. The Morgan fingerprint density at radius 2 is 2.00 bits per heavy atom. The van der Waals surface area contributed by atoms with Gasteiger partial charge in [-0.3, -0.25) is 4.55 Å². The van der Waals surface area contributed by atoms with Gasteiger partial charge in [0, 0.05) is 23.8 Å². The first-order valence-corrected chi connectivity index (χ1v) is 12.3. The van der Waals surface area contributed by atoms with Crippen molar-refractivity contribution in [3.63, 3.8) is 0 Å². The average Bonchev–Trinajstić information content (AvgIpc) is 2.62. The molecule has 0 radical (unpaired) electrons. The molecule has 0 aliphatic heterocycles. The van der Waals surface area contributed by atoms with Crippen LogP contribution in [0.5, 0.6) is 5.88 Å². The Morgan fingerprint density at radius 1 is 1.19 bits per heavy atom.